The van der Waals surface area contributed by atoms with E-state index in [4.69, 9.17) is 13.7 Å². The normalized spacial score (nSPS) is 11.0. The number of nitrogens with zero attached hydrogens (tertiary/aromatic N) is 1. The molecule has 9 heteroatoms. The maximum Gasteiger partial charge on any atom is 0.322 e. The van der Waals surface area contributed by atoms with Crippen LogP contribution in [0.15, 0.2) is 48.5 Å². The predicted molar refractivity (Wildman–Crippen MR) is 111 cm³/mol. The molecule has 8 nitrogen and oxygen atoms in total. The van der Waals surface area contributed by atoms with Crippen LogP contribution in [0.4, 0.5) is 10.5 Å². The van der Waals surface area contributed by atoms with E-state index in [2.05, 4.69) is 5.32 Å². The average Bonchev–Trinajstić information content (AvgIpc) is 2.71. The lowest BCUT2D eigenvalue weighted by Crippen LogP contribution is -2.37. The zero-order valence-corrected chi connectivity index (χ0v) is 17.6. The number of rotatable bonds is 10. The fourth-order valence-electron chi connectivity index (χ4n) is 2.52. The van der Waals surface area contributed by atoms with E-state index in [-0.39, 0.29) is 24.1 Å². The van der Waals surface area contributed by atoms with Crippen LogP contribution in [0.5, 0.6) is 11.5 Å². The number of methoxy groups -OCH3 is 2. The molecular formula is C20H26N2O6S. The molecule has 0 aliphatic rings. The topological polar surface area (TPSA) is 94.2 Å². The van der Waals surface area contributed by atoms with Crippen molar-refractivity contribution in [1.29, 1.82) is 0 Å². The monoisotopic (exact) mass is 422 g/mol. The van der Waals surface area contributed by atoms with Gasteiger partial charge in [0.25, 0.3) is 0 Å². The van der Waals surface area contributed by atoms with Crippen molar-refractivity contribution < 1.29 is 26.9 Å². The molecular weight excluding hydrogens is 396 g/mol. The van der Waals surface area contributed by atoms with E-state index in [1.165, 1.54) is 14.0 Å². The van der Waals surface area contributed by atoms with E-state index in [1.807, 2.05) is 6.07 Å². The highest BCUT2D eigenvalue weighted by Gasteiger charge is 2.17. The molecule has 0 saturated heterocycles. The summed E-state index contributed by atoms with van der Waals surface area (Å²) < 4.78 is 38.8. The third kappa shape index (κ3) is 6.95. The number of hydrogen-bond donors (Lipinski definition) is 1. The second kappa shape index (κ2) is 10.7. The van der Waals surface area contributed by atoms with Gasteiger partial charge in [-0.1, -0.05) is 24.3 Å². The van der Waals surface area contributed by atoms with Crippen LogP contribution in [0.2, 0.25) is 0 Å². The summed E-state index contributed by atoms with van der Waals surface area (Å²) in [5.41, 5.74) is 1.27. The molecule has 0 radical (unpaired) electrons. The van der Waals surface area contributed by atoms with Crippen molar-refractivity contribution >= 4 is 21.8 Å². The van der Waals surface area contributed by atoms with Crippen LogP contribution in [0.25, 0.3) is 0 Å². The lowest BCUT2D eigenvalue weighted by atomic mass is 10.2. The Bertz CT molecular complexity index is 917. The largest absolute Gasteiger partial charge is 0.495 e. The summed E-state index contributed by atoms with van der Waals surface area (Å²) in [7, 11) is -0.536. The van der Waals surface area contributed by atoms with Gasteiger partial charge in [-0.2, -0.15) is 8.42 Å². The highest BCUT2D eigenvalue weighted by Crippen LogP contribution is 2.24. The average molecular weight is 423 g/mol. The van der Waals surface area contributed by atoms with Gasteiger partial charge in [-0.25, -0.2) is 4.79 Å². The Morgan fingerprint density at radius 1 is 1.10 bits per heavy atom. The Kier molecular flexibility index (Phi) is 8.29. The second-order valence-corrected chi connectivity index (χ2v) is 7.98. The molecule has 2 aromatic rings. The minimum absolute atomic E-state index is 0.126. The van der Waals surface area contributed by atoms with Crippen molar-refractivity contribution in [3.8, 4) is 11.5 Å². The summed E-state index contributed by atoms with van der Waals surface area (Å²) >= 11 is 0. The number of urea groups is 1. The molecule has 0 aromatic heterocycles. The van der Waals surface area contributed by atoms with Gasteiger partial charge < -0.3 is 23.9 Å². The molecule has 2 aromatic carbocycles. The van der Waals surface area contributed by atoms with Gasteiger partial charge in [0, 0.05) is 20.2 Å². The molecule has 1 N–H and O–H groups in total. The first kappa shape index (κ1) is 22.5. The SMILES string of the molecule is CCS(=O)(=O)Oc1cccc(CN(CCOC)C(=O)Nc2ccccc2OC)c1. The van der Waals surface area contributed by atoms with Crippen molar-refractivity contribution in [2.24, 2.45) is 0 Å². The van der Waals surface area contributed by atoms with Crippen molar-refractivity contribution in [2.45, 2.75) is 13.5 Å². The first-order chi connectivity index (χ1) is 13.9. The Hall–Kier alpha value is -2.78. The highest BCUT2D eigenvalue weighted by atomic mass is 32.2. The number of nitrogens with one attached hydrogen (secondary N) is 1. The van der Waals surface area contributed by atoms with E-state index < -0.39 is 10.1 Å². The van der Waals surface area contributed by atoms with Crippen LogP contribution in [0.3, 0.4) is 0 Å². The molecule has 0 spiro atoms. The third-order valence-electron chi connectivity index (χ3n) is 4.05. The van der Waals surface area contributed by atoms with Gasteiger partial charge in [0.15, 0.2) is 0 Å². The smallest absolute Gasteiger partial charge is 0.322 e. The Balaban J connectivity index is 2.17. The maximum atomic E-state index is 12.8. The maximum absolute atomic E-state index is 12.8. The number of carbonyl (C=O) groups excluding carboxylic acids is 1. The fraction of sp³-hybridized carbons (Fsp3) is 0.350. The van der Waals surface area contributed by atoms with Gasteiger partial charge in [0.2, 0.25) is 0 Å². The summed E-state index contributed by atoms with van der Waals surface area (Å²) in [5.74, 6) is 0.632. The van der Waals surface area contributed by atoms with E-state index in [9.17, 15) is 13.2 Å². The van der Waals surface area contributed by atoms with Crippen LogP contribution < -0.4 is 14.2 Å². The summed E-state index contributed by atoms with van der Waals surface area (Å²) in [5, 5.41) is 2.83. The number of hydrogen-bond acceptors (Lipinski definition) is 6. The number of benzene rings is 2. The molecule has 2 amide bonds. The van der Waals surface area contributed by atoms with Crippen LogP contribution in [0, 0.1) is 0 Å². The van der Waals surface area contributed by atoms with Crippen LogP contribution in [0.1, 0.15) is 12.5 Å². The zero-order chi connectivity index (χ0) is 21.3. The molecule has 2 rings (SSSR count). The van der Waals surface area contributed by atoms with Crippen molar-refractivity contribution in [1.82, 2.24) is 4.90 Å². The summed E-state index contributed by atoms with van der Waals surface area (Å²) in [4.78, 5) is 14.4. The number of para-hydroxylation sites is 2. The third-order valence-corrected chi connectivity index (χ3v) is 5.20. The number of ether oxygens (including phenoxy) is 2. The lowest BCUT2D eigenvalue weighted by molar-refractivity contribution is 0.152. The van der Waals surface area contributed by atoms with E-state index in [0.29, 0.717) is 24.6 Å². The quantitative estimate of drug-likeness (QED) is 0.591. The number of amides is 2. The number of anilines is 1. The summed E-state index contributed by atoms with van der Waals surface area (Å²) in [6.07, 6.45) is 0. The minimum Gasteiger partial charge on any atom is -0.495 e. The second-order valence-electron chi connectivity index (χ2n) is 6.12. The summed E-state index contributed by atoms with van der Waals surface area (Å²) in [6, 6.07) is 13.4. The van der Waals surface area contributed by atoms with Crippen LogP contribution in [-0.4, -0.2) is 52.5 Å². The highest BCUT2D eigenvalue weighted by molar-refractivity contribution is 7.87. The van der Waals surface area contributed by atoms with E-state index in [0.717, 1.165) is 5.56 Å². The summed E-state index contributed by atoms with van der Waals surface area (Å²) in [6.45, 7) is 2.44. The predicted octanol–water partition coefficient (Wildman–Crippen LogP) is 3.10. The van der Waals surface area contributed by atoms with Crippen LogP contribution >= 0.6 is 0 Å². The molecule has 0 aliphatic heterocycles. The zero-order valence-electron chi connectivity index (χ0n) is 16.8. The van der Waals surface area contributed by atoms with Gasteiger partial charge >= 0.3 is 16.1 Å². The van der Waals surface area contributed by atoms with Gasteiger partial charge in [0.05, 0.1) is 25.2 Å². The fourth-order valence-corrected chi connectivity index (χ4v) is 3.03. The van der Waals surface area contributed by atoms with Crippen molar-refractivity contribution in [3.05, 3.63) is 54.1 Å². The van der Waals surface area contributed by atoms with Gasteiger partial charge in [-0.3, -0.25) is 0 Å². The van der Waals surface area contributed by atoms with Crippen molar-refractivity contribution in [2.75, 3.05) is 38.4 Å². The Labute approximate surface area is 171 Å². The van der Waals surface area contributed by atoms with Gasteiger partial charge in [-0.05, 0) is 36.8 Å². The molecule has 158 valence electrons. The molecule has 0 heterocycles. The molecule has 0 fully saturated rings. The van der Waals surface area contributed by atoms with Crippen molar-refractivity contribution in [3.63, 3.8) is 0 Å². The molecule has 0 aliphatic carbocycles. The van der Waals surface area contributed by atoms with E-state index in [1.54, 1.807) is 54.5 Å². The molecule has 0 unspecified atom stereocenters. The lowest BCUT2D eigenvalue weighted by Gasteiger charge is -2.23. The van der Waals surface area contributed by atoms with Gasteiger partial charge in [-0.15, -0.1) is 0 Å². The molecule has 0 saturated carbocycles. The van der Waals surface area contributed by atoms with Gasteiger partial charge in [0.1, 0.15) is 11.5 Å². The van der Waals surface area contributed by atoms with Crippen LogP contribution in [-0.2, 0) is 21.4 Å². The molecule has 0 atom stereocenters. The van der Waals surface area contributed by atoms with E-state index >= 15 is 0 Å². The first-order valence-corrected chi connectivity index (χ1v) is 10.6. The Morgan fingerprint density at radius 2 is 1.86 bits per heavy atom. The molecule has 0 bridgehead atoms. The first-order valence-electron chi connectivity index (χ1n) is 9.07. The number of carbonyl (C=O) groups is 1. The standard InChI is InChI=1S/C20H26N2O6S/c1-4-29(24,25)28-17-9-7-8-16(14-17)15-22(12-13-26-2)20(23)21-18-10-5-6-11-19(18)27-3/h5-11,14H,4,12-13,15H2,1-3H3,(H,21,23). The molecule has 29 heavy (non-hydrogen) atoms. The minimum atomic E-state index is -3.62. The Morgan fingerprint density at radius 3 is 2.55 bits per heavy atom.